The van der Waals surface area contributed by atoms with E-state index in [0.29, 0.717) is 17.8 Å². The molecule has 1 saturated heterocycles. The number of nitriles is 1. The molecule has 3 aromatic rings. The van der Waals surface area contributed by atoms with Crippen LogP contribution in [-0.2, 0) is 0 Å². The smallest absolute Gasteiger partial charge is 0.230 e. The number of hydrogen-bond acceptors (Lipinski definition) is 9. The topological polar surface area (TPSA) is 105 Å². The van der Waals surface area contributed by atoms with Crippen molar-refractivity contribution in [3.8, 4) is 6.07 Å². The molecule has 5 rings (SSSR count). The van der Waals surface area contributed by atoms with Gasteiger partial charge in [0.15, 0.2) is 0 Å². The van der Waals surface area contributed by atoms with Crippen molar-refractivity contribution >= 4 is 17.8 Å². The first-order valence-electron chi connectivity index (χ1n) is 14.6. The van der Waals surface area contributed by atoms with Crippen LogP contribution in [0.3, 0.4) is 0 Å². The van der Waals surface area contributed by atoms with Crippen LogP contribution < -0.4 is 16.0 Å². The lowest BCUT2D eigenvalue weighted by Crippen LogP contribution is -2.48. The van der Waals surface area contributed by atoms with Crippen LogP contribution in [0.4, 0.5) is 17.8 Å². The fourth-order valence-corrected chi connectivity index (χ4v) is 5.89. The van der Waals surface area contributed by atoms with Crippen LogP contribution in [0.25, 0.3) is 0 Å². The van der Waals surface area contributed by atoms with Crippen LogP contribution in [0, 0.1) is 11.3 Å². The second-order valence-corrected chi connectivity index (χ2v) is 10.8. The zero-order chi connectivity index (χ0) is 27.6. The lowest BCUT2D eigenvalue weighted by molar-refractivity contribution is 0.109. The summed E-state index contributed by atoms with van der Waals surface area (Å²) in [5.74, 6) is 1.48. The number of nitrogens with one attached hydrogen (secondary N) is 3. The van der Waals surface area contributed by atoms with Gasteiger partial charge in [-0.25, -0.2) is 0 Å². The average molecular weight is 540 g/mol. The third kappa shape index (κ3) is 7.06. The van der Waals surface area contributed by atoms with E-state index >= 15 is 0 Å². The molecule has 2 heterocycles. The Labute approximate surface area is 238 Å². The average Bonchev–Trinajstić information content (AvgIpc) is 3.01. The fourth-order valence-electron chi connectivity index (χ4n) is 5.89. The van der Waals surface area contributed by atoms with E-state index < -0.39 is 5.54 Å². The molecular formula is C31H41N9. The molecular weight excluding hydrogens is 498 g/mol. The van der Waals surface area contributed by atoms with Gasteiger partial charge in [0.2, 0.25) is 17.8 Å². The van der Waals surface area contributed by atoms with Crippen molar-refractivity contribution in [2.45, 2.75) is 50.1 Å². The predicted molar refractivity (Wildman–Crippen MR) is 160 cm³/mol. The molecule has 2 fully saturated rings. The predicted octanol–water partition coefficient (Wildman–Crippen LogP) is 4.76. The molecule has 3 N–H and O–H groups in total. The highest BCUT2D eigenvalue weighted by atomic mass is 15.3. The number of hydrogen-bond donors (Lipinski definition) is 3. The van der Waals surface area contributed by atoms with Gasteiger partial charge >= 0.3 is 0 Å². The number of aromatic nitrogens is 3. The molecule has 0 amide bonds. The van der Waals surface area contributed by atoms with Crippen LogP contribution in [0.1, 0.15) is 55.7 Å². The largest absolute Gasteiger partial charge is 0.357 e. The zero-order valence-electron chi connectivity index (χ0n) is 23.5. The maximum Gasteiger partial charge on any atom is 0.230 e. The first-order chi connectivity index (χ1) is 19.7. The molecule has 0 bridgehead atoms. The fraction of sp³-hybridized carbons (Fsp3) is 0.484. The Morgan fingerprint density at radius 1 is 0.825 bits per heavy atom. The van der Waals surface area contributed by atoms with Gasteiger partial charge in [0.1, 0.15) is 5.54 Å². The Kier molecular flexibility index (Phi) is 9.42. The van der Waals surface area contributed by atoms with Crippen molar-refractivity contribution in [3.63, 3.8) is 0 Å². The first kappa shape index (κ1) is 27.8. The van der Waals surface area contributed by atoms with Gasteiger partial charge in [0, 0.05) is 39.8 Å². The summed E-state index contributed by atoms with van der Waals surface area (Å²) in [6, 6.07) is 24.5. The minimum Gasteiger partial charge on any atom is -0.357 e. The molecule has 9 heteroatoms. The maximum atomic E-state index is 9.84. The molecule has 9 nitrogen and oxygen atoms in total. The third-order valence-electron chi connectivity index (χ3n) is 8.07. The van der Waals surface area contributed by atoms with E-state index in [-0.39, 0.29) is 6.04 Å². The van der Waals surface area contributed by atoms with Crippen molar-refractivity contribution in [3.05, 3.63) is 71.8 Å². The van der Waals surface area contributed by atoms with Gasteiger partial charge in [-0.05, 0) is 36.9 Å². The molecule has 0 unspecified atom stereocenters. The van der Waals surface area contributed by atoms with E-state index in [1.54, 1.807) is 7.05 Å². The lowest BCUT2D eigenvalue weighted by Gasteiger charge is -2.39. The van der Waals surface area contributed by atoms with Gasteiger partial charge < -0.3 is 20.9 Å². The standard InChI is InChI=1S/C31H41N9/c1-33-28-35-29(37-30(36-28)38-31(24-32)16-9-4-10-17-31)34-18-11-19-39-20-22-40(23-21-39)27(25-12-5-2-6-13-25)26-14-7-3-8-15-26/h2-3,5-8,12-15,27H,4,9-11,16-23H2,1H3,(H3,33,34,35,36,37,38). The summed E-state index contributed by atoms with van der Waals surface area (Å²) in [6.45, 7) is 5.97. The molecule has 2 aromatic carbocycles. The van der Waals surface area contributed by atoms with Crippen LogP contribution in [0.2, 0.25) is 0 Å². The summed E-state index contributed by atoms with van der Waals surface area (Å²) in [6.07, 6.45) is 5.89. The van der Waals surface area contributed by atoms with Crippen LogP contribution in [0.15, 0.2) is 60.7 Å². The second-order valence-electron chi connectivity index (χ2n) is 10.8. The van der Waals surface area contributed by atoms with E-state index in [1.807, 2.05) is 0 Å². The number of nitrogens with zero attached hydrogens (tertiary/aromatic N) is 6. The van der Waals surface area contributed by atoms with Crippen molar-refractivity contribution in [2.75, 3.05) is 62.3 Å². The summed E-state index contributed by atoms with van der Waals surface area (Å²) in [5.41, 5.74) is 2.11. The molecule has 210 valence electrons. The minimum absolute atomic E-state index is 0.285. The van der Waals surface area contributed by atoms with E-state index in [2.05, 4.69) is 107 Å². The monoisotopic (exact) mass is 539 g/mol. The molecule has 40 heavy (non-hydrogen) atoms. The Morgan fingerprint density at radius 3 is 2.02 bits per heavy atom. The van der Waals surface area contributed by atoms with Crippen molar-refractivity contribution < 1.29 is 0 Å². The highest BCUT2D eigenvalue weighted by Gasteiger charge is 2.33. The van der Waals surface area contributed by atoms with Gasteiger partial charge in [0.05, 0.1) is 12.1 Å². The van der Waals surface area contributed by atoms with Crippen molar-refractivity contribution in [1.29, 1.82) is 5.26 Å². The highest BCUT2D eigenvalue weighted by Crippen LogP contribution is 2.31. The second kappa shape index (κ2) is 13.6. The van der Waals surface area contributed by atoms with Gasteiger partial charge in [0.25, 0.3) is 0 Å². The minimum atomic E-state index is -0.593. The Bertz CT molecular complexity index is 1190. The summed E-state index contributed by atoms with van der Waals surface area (Å²) >= 11 is 0. The molecule has 0 atom stereocenters. The quantitative estimate of drug-likeness (QED) is 0.297. The van der Waals surface area contributed by atoms with E-state index in [4.69, 9.17) is 0 Å². The SMILES string of the molecule is CNc1nc(NCCCN2CCN(C(c3ccccc3)c3ccccc3)CC2)nc(NC2(C#N)CCCCC2)n1. The summed E-state index contributed by atoms with van der Waals surface area (Å²) < 4.78 is 0. The number of benzene rings is 2. The highest BCUT2D eigenvalue weighted by molar-refractivity contribution is 5.45. The molecule has 0 radical (unpaired) electrons. The van der Waals surface area contributed by atoms with Gasteiger partial charge in [-0.2, -0.15) is 20.2 Å². The molecule has 0 spiro atoms. The van der Waals surface area contributed by atoms with Crippen molar-refractivity contribution in [1.82, 2.24) is 24.8 Å². The molecule has 2 aliphatic rings. The Hall–Kier alpha value is -3.74. The number of anilines is 3. The Morgan fingerprint density at radius 2 is 1.43 bits per heavy atom. The van der Waals surface area contributed by atoms with Gasteiger partial charge in [-0.15, -0.1) is 0 Å². The van der Waals surface area contributed by atoms with Crippen LogP contribution in [-0.4, -0.2) is 76.6 Å². The normalized spacial score (nSPS) is 17.7. The van der Waals surface area contributed by atoms with Gasteiger partial charge in [-0.3, -0.25) is 4.90 Å². The Balaban J connectivity index is 1.12. The molecule has 1 aliphatic heterocycles. The third-order valence-corrected chi connectivity index (χ3v) is 8.07. The lowest BCUT2D eigenvalue weighted by atomic mass is 9.83. The van der Waals surface area contributed by atoms with E-state index in [0.717, 1.165) is 71.4 Å². The summed E-state index contributed by atoms with van der Waals surface area (Å²) in [5, 5.41) is 19.5. The van der Waals surface area contributed by atoms with Crippen molar-refractivity contribution in [2.24, 2.45) is 0 Å². The summed E-state index contributed by atoms with van der Waals surface area (Å²) in [4.78, 5) is 18.7. The zero-order valence-corrected chi connectivity index (χ0v) is 23.5. The summed E-state index contributed by atoms with van der Waals surface area (Å²) in [7, 11) is 1.79. The molecule has 1 aromatic heterocycles. The maximum absolute atomic E-state index is 9.84. The molecule has 1 aliphatic carbocycles. The van der Waals surface area contributed by atoms with Crippen LogP contribution >= 0.6 is 0 Å². The number of piperazine rings is 1. The first-order valence-corrected chi connectivity index (χ1v) is 14.6. The molecule has 1 saturated carbocycles. The van der Waals surface area contributed by atoms with E-state index in [9.17, 15) is 5.26 Å². The van der Waals surface area contributed by atoms with E-state index in [1.165, 1.54) is 17.5 Å². The van der Waals surface area contributed by atoms with Crippen LogP contribution in [0.5, 0.6) is 0 Å². The number of rotatable bonds is 11. The van der Waals surface area contributed by atoms with Gasteiger partial charge in [-0.1, -0.05) is 79.9 Å².